The van der Waals surface area contributed by atoms with E-state index in [9.17, 15) is 22.8 Å². The van der Waals surface area contributed by atoms with Crippen molar-refractivity contribution in [2.75, 3.05) is 50.2 Å². The second-order valence-corrected chi connectivity index (χ2v) is 6.69. The molecule has 1 fully saturated rings. The van der Waals surface area contributed by atoms with Crippen molar-refractivity contribution in [3.63, 3.8) is 0 Å². The monoisotopic (exact) mass is 438 g/mol. The van der Waals surface area contributed by atoms with Crippen LogP contribution in [0.4, 0.5) is 24.5 Å². The van der Waals surface area contributed by atoms with Crippen LogP contribution in [0, 0.1) is 0 Å². The summed E-state index contributed by atoms with van der Waals surface area (Å²) in [6.07, 6.45) is -4.00. The third-order valence-corrected chi connectivity index (χ3v) is 4.65. The van der Waals surface area contributed by atoms with Gasteiger partial charge in [0, 0.05) is 13.1 Å². The van der Waals surface area contributed by atoms with Crippen LogP contribution in [0.25, 0.3) is 0 Å². The van der Waals surface area contributed by atoms with Crippen LogP contribution in [0.3, 0.4) is 0 Å². The van der Waals surface area contributed by atoms with Crippen molar-refractivity contribution in [3.8, 4) is 11.5 Å². The first-order valence-electron chi connectivity index (χ1n) is 9.41. The molecule has 1 aliphatic heterocycles. The number of alkyl halides is 3. The van der Waals surface area contributed by atoms with Crippen LogP contribution in [0.1, 0.15) is 15.9 Å². The summed E-state index contributed by atoms with van der Waals surface area (Å²) in [5, 5.41) is 2.49. The van der Waals surface area contributed by atoms with Gasteiger partial charge in [0.25, 0.3) is 5.91 Å². The van der Waals surface area contributed by atoms with Gasteiger partial charge in [0.2, 0.25) is 0 Å². The number of aldehydes is 1. The van der Waals surface area contributed by atoms with Crippen molar-refractivity contribution >= 4 is 23.6 Å². The van der Waals surface area contributed by atoms with Gasteiger partial charge in [0.05, 0.1) is 42.8 Å². The lowest BCUT2D eigenvalue weighted by molar-refractivity contribution is -0.137. The molecule has 0 aromatic heterocycles. The molecular weight excluding hydrogens is 417 g/mol. The van der Waals surface area contributed by atoms with Crippen LogP contribution < -0.4 is 19.7 Å². The first-order chi connectivity index (χ1) is 14.8. The highest BCUT2D eigenvalue weighted by Gasteiger charge is 2.32. The zero-order valence-corrected chi connectivity index (χ0v) is 16.7. The fourth-order valence-corrected chi connectivity index (χ4v) is 3.10. The SMILES string of the molecule is COc1ccc(OCC(=O)Nc2cc(C(F)(F)F)ccc2N2CCOCC2)c(C=O)c1. The van der Waals surface area contributed by atoms with Crippen molar-refractivity contribution in [2.45, 2.75) is 6.18 Å². The Morgan fingerprint density at radius 1 is 1.19 bits per heavy atom. The highest BCUT2D eigenvalue weighted by Crippen LogP contribution is 2.35. The summed E-state index contributed by atoms with van der Waals surface area (Å²) in [5.41, 5.74) is -0.210. The third-order valence-electron chi connectivity index (χ3n) is 4.65. The minimum absolute atomic E-state index is 0.0238. The summed E-state index contributed by atoms with van der Waals surface area (Å²) in [4.78, 5) is 25.5. The number of amides is 1. The minimum Gasteiger partial charge on any atom is -0.497 e. The van der Waals surface area contributed by atoms with Crippen molar-refractivity contribution in [1.29, 1.82) is 0 Å². The van der Waals surface area contributed by atoms with Crippen LogP contribution in [0.5, 0.6) is 11.5 Å². The predicted molar refractivity (Wildman–Crippen MR) is 107 cm³/mol. The van der Waals surface area contributed by atoms with E-state index in [4.69, 9.17) is 14.2 Å². The summed E-state index contributed by atoms with van der Waals surface area (Å²) in [6, 6.07) is 7.68. The molecule has 31 heavy (non-hydrogen) atoms. The molecular formula is C21H21F3N2O5. The fourth-order valence-electron chi connectivity index (χ4n) is 3.10. The van der Waals surface area contributed by atoms with Gasteiger partial charge in [-0.05, 0) is 36.4 Å². The number of carbonyl (C=O) groups excluding carboxylic acids is 2. The Hall–Kier alpha value is -3.27. The van der Waals surface area contributed by atoms with Crippen LogP contribution in [0.2, 0.25) is 0 Å². The van der Waals surface area contributed by atoms with Crippen LogP contribution in [-0.4, -0.2) is 52.2 Å². The standard InChI is InChI=1S/C21H21F3N2O5/c1-29-16-3-5-19(14(10-16)12-27)31-13-20(28)25-17-11-15(21(22,23)24)2-4-18(17)26-6-8-30-9-7-26/h2-5,10-12H,6-9,13H2,1H3,(H,25,28). The number of methoxy groups -OCH3 is 1. The molecule has 0 bridgehead atoms. The maximum absolute atomic E-state index is 13.2. The Labute approximate surface area is 176 Å². The number of hydrogen-bond donors (Lipinski definition) is 1. The van der Waals surface area contributed by atoms with E-state index in [2.05, 4.69) is 5.32 Å². The Kier molecular flexibility index (Phi) is 7.01. The van der Waals surface area contributed by atoms with Crippen molar-refractivity contribution in [3.05, 3.63) is 47.5 Å². The highest BCUT2D eigenvalue weighted by atomic mass is 19.4. The Morgan fingerprint density at radius 2 is 1.94 bits per heavy atom. The largest absolute Gasteiger partial charge is 0.497 e. The molecule has 1 aliphatic rings. The molecule has 2 aromatic rings. The maximum Gasteiger partial charge on any atom is 0.416 e. The van der Waals surface area contributed by atoms with E-state index in [1.807, 2.05) is 4.90 Å². The third kappa shape index (κ3) is 5.66. The van der Waals surface area contributed by atoms with E-state index in [1.165, 1.54) is 25.3 Å². The molecule has 0 spiro atoms. The minimum atomic E-state index is -4.55. The van der Waals surface area contributed by atoms with Gasteiger partial charge < -0.3 is 24.4 Å². The van der Waals surface area contributed by atoms with E-state index in [-0.39, 0.29) is 17.0 Å². The average Bonchev–Trinajstić information content (AvgIpc) is 2.77. The normalized spacial score (nSPS) is 14.1. The zero-order valence-electron chi connectivity index (χ0n) is 16.7. The lowest BCUT2D eigenvalue weighted by atomic mass is 10.1. The molecule has 0 radical (unpaired) electrons. The van der Waals surface area contributed by atoms with Crippen LogP contribution in [0.15, 0.2) is 36.4 Å². The van der Waals surface area contributed by atoms with E-state index < -0.39 is 24.3 Å². The van der Waals surface area contributed by atoms with Gasteiger partial charge in [-0.1, -0.05) is 0 Å². The molecule has 0 saturated carbocycles. The number of nitrogens with one attached hydrogen (secondary N) is 1. The van der Waals surface area contributed by atoms with Gasteiger partial charge >= 0.3 is 6.18 Å². The lowest BCUT2D eigenvalue weighted by Crippen LogP contribution is -2.37. The molecule has 0 atom stereocenters. The number of carbonyl (C=O) groups is 2. The molecule has 166 valence electrons. The quantitative estimate of drug-likeness (QED) is 0.668. The summed E-state index contributed by atoms with van der Waals surface area (Å²) >= 11 is 0. The van der Waals surface area contributed by atoms with Gasteiger partial charge in [-0.25, -0.2) is 0 Å². The van der Waals surface area contributed by atoms with Gasteiger partial charge in [-0.2, -0.15) is 13.2 Å². The molecule has 2 aromatic carbocycles. The van der Waals surface area contributed by atoms with E-state index in [1.54, 1.807) is 6.07 Å². The number of nitrogens with zero attached hydrogens (tertiary/aromatic N) is 1. The maximum atomic E-state index is 13.2. The summed E-state index contributed by atoms with van der Waals surface area (Å²) in [5.74, 6) is -0.0667. The summed E-state index contributed by atoms with van der Waals surface area (Å²) in [7, 11) is 1.44. The predicted octanol–water partition coefficient (Wildman–Crippen LogP) is 3.38. The van der Waals surface area contributed by atoms with Gasteiger partial charge in [0.1, 0.15) is 11.5 Å². The van der Waals surface area contributed by atoms with Crippen LogP contribution in [-0.2, 0) is 15.7 Å². The zero-order chi connectivity index (χ0) is 22.4. The van der Waals surface area contributed by atoms with Crippen LogP contribution >= 0.6 is 0 Å². The topological polar surface area (TPSA) is 77.1 Å². The smallest absolute Gasteiger partial charge is 0.416 e. The highest BCUT2D eigenvalue weighted by molar-refractivity contribution is 5.95. The number of rotatable bonds is 7. The Bertz CT molecular complexity index is 943. The molecule has 0 unspecified atom stereocenters. The van der Waals surface area contributed by atoms with Crippen molar-refractivity contribution in [2.24, 2.45) is 0 Å². The first-order valence-corrected chi connectivity index (χ1v) is 9.41. The number of morpholine rings is 1. The average molecular weight is 438 g/mol. The van der Waals surface area contributed by atoms with E-state index in [0.29, 0.717) is 44.0 Å². The molecule has 10 heteroatoms. The molecule has 0 aliphatic carbocycles. The molecule has 3 rings (SSSR count). The number of ether oxygens (including phenoxy) is 3. The first kappa shape index (κ1) is 22.4. The van der Waals surface area contributed by atoms with Crippen molar-refractivity contribution < 1.29 is 37.0 Å². The number of hydrogen-bond acceptors (Lipinski definition) is 6. The summed E-state index contributed by atoms with van der Waals surface area (Å²) < 4.78 is 55.2. The van der Waals surface area contributed by atoms with E-state index in [0.717, 1.165) is 12.1 Å². The second kappa shape index (κ2) is 9.69. The fraction of sp³-hybridized carbons (Fsp3) is 0.333. The summed E-state index contributed by atoms with van der Waals surface area (Å²) in [6.45, 7) is 1.34. The molecule has 1 heterocycles. The molecule has 1 saturated heterocycles. The van der Waals surface area contributed by atoms with Crippen molar-refractivity contribution in [1.82, 2.24) is 0 Å². The van der Waals surface area contributed by atoms with Gasteiger partial charge in [-0.15, -0.1) is 0 Å². The van der Waals surface area contributed by atoms with Gasteiger partial charge in [-0.3, -0.25) is 9.59 Å². The number of anilines is 2. The van der Waals surface area contributed by atoms with Gasteiger partial charge in [0.15, 0.2) is 12.9 Å². The molecule has 7 nitrogen and oxygen atoms in total. The Balaban J connectivity index is 1.77. The molecule has 1 N–H and O–H groups in total. The number of halogens is 3. The number of benzene rings is 2. The van der Waals surface area contributed by atoms with E-state index >= 15 is 0 Å². The lowest BCUT2D eigenvalue weighted by Gasteiger charge is -2.31. The Morgan fingerprint density at radius 3 is 2.58 bits per heavy atom. The molecule has 1 amide bonds. The second-order valence-electron chi connectivity index (χ2n) is 6.69.